The molecule has 0 aliphatic heterocycles. The Morgan fingerprint density at radius 1 is 0.941 bits per heavy atom. The van der Waals surface area contributed by atoms with Crippen molar-refractivity contribution >= 4 is 31.4 Å². The molecule has 3 N–H and O–H groups in total. The first kappa shape index (κ1) is 25.2. The van der Waals surface area contributed by atoms with Crippen molar-refractivity contribution < 1.29 is 31.1 Å². The van der Waals surface area contributed by atoms with Gasteiger partial charge in [0.2, 0.25) is 15.0 Å². The molecule has 1 heterocycles. The highest BCUT2D eigenvalue weighted by atomic mass is 32.2. The predicted molar refractivity (Wildman–Crippen MR) is 123 cm³/mol. The minimum atomic E-state index is -3.91. The second-order valence-corrected chi connectivity index (χ2v) is 11.2. The Morgan fingerprint density at radius 3 is 2.18 bits per heavy atom. The number of anilines is 1. The highest BCUT2D eigenvalue weighted by molar-refractivity contribution is 7.91. The number of carbonyl (C=O) groups excluding carboxylic acids is 1. The maximum atomic E-state index is 14.0. The van der Waals surface area contributed by atoms with Crippen molar-refractivity contribution in [2.75, 3.05) is 31.0 Å². The van der Waals surface area contributed by atoms with Crippen LogP contribution >= 0.6 is 0 Å². The van der Waals surface area contributed by atoms with Crippen molar-refractivity contribution in [2.45, 2.75) is 10.1 Å². The van der Waals surface area contributed by atoms with E-state index in [4.69, 9.17) is 5.11 Å². The van der Waals surface area contributed by atoms with Gasteiger partial charge in [0, 0.05) is 35.9 Å². The molecule has 0 aliphatic carbocycles. The van der Waals surface area contributed by atoms with Gasteiger partial charge in [0.05, 0.1) is 22.9 Å². The van der Waals surface area contributed by atoms with Gasteiger partial charge >= 0.3 is 6.03 Å². The molecule has 13 heteroatoms. The minimum absolute atomic E-state index is 0.0808. The molecule has 1 aromatic heterocycles. The third-order valence-corrected chi connectivity index (χ3v) is 6.49. The van der Waals surface area contributed by atoms with Gasteiger partial charge in [0.25, 0.3) is 0 Å². The molecule has 34 heavy (non-hydrogen) atoms. The highest BCUT2D eigenvalue weighted by Gasteiger charge is 2.21. The SMILES string of the molecule is CS(=O)(=O)c1nc(-c2ccc(NC(=O)NCCO)cc2)cc(-c2cc(F)ccc2S(C)(=O)=O)n1. The predicted octanol–water partition coefficient (Wildman–Crippen LogP) is 1.87. The van der Waals surface area contributed by atoms with Crippen molar-refractivity contribution in [3.05, 3.63) is 54.3 Å². The minimum Gasteiger partial charge on any atom is -0.395 e. The Morgan fingerprint density at radius 2 is 1.59 bits per heavy atom. The normalized spacial score (nSPS) is 11.8. The molecule has 2 amide bonds. The van der Waals surface area contributed by atoms with Crippen LogP contribution in [0.25, 0.3) is 22.5 Å². The van der Waals surface area contributed by atoms with Gasteiger partial charge in [-0.3, -0.25) is 0 Å². The summed E-state index contributed by atoms with van der Waals surface area (Å²) in [7, 11) is -7.69. The zero-order valence-corrected chi connectivity index (χ0v) is 19.7. The van der Waals surface area contributed by atoms with Gasteiger partial charge in [0.1, 0.15) is 5.82 Å². The number of hydrogen-bond acceptors (Lipinski definition) is 8. The van der Waals surface area contributed by atoms with Crippen molar-refractivity contribution in [3.63, 3.8) is 0 Å². The Bertz CT molecular complexity index is 1440. The Hall–Kier alpha value is -3.42. The number of carbonyl (C=O) groups is 1. The zero-order chi connectivity index (χ0) is 25.1. The molecule has 0 aliphatic rings. The molecule has 180 valence electrons. The Kier molecular flexibility index (Phi) is 7.29. The average molecular weight is 509 g/mol. The number of amides is 2. The quantitative estimate of drug-likeness (QED) is 0.323. The zero-order valence-electron chi connectivity index (χ0n) is 18.1. The van der Waals surface area contributed by atoms with Crippen molar-refractivity contribution in [3.8, 4) is 22.5 Å². The standard InChI is InChI=1S/C21H21FN4O6S2/c1-33(29,30)19-8-5-14(22)11-16(19)18-12-17(25-21(26-18)34(2,31)32)13-3-6-15(7-4-13)24-20(28)23-9-10-27/h3-8,11-12,27H,9-10H2,1-2H3,(H2,23,24,28). The number of halogens is 1. The summed E-state index contributed by atoms with van der Waals surface area (Å²) < 4.78 is 62.9. The van der Waals surface area contributed by atoms with Crippen molar-refractivity contribution in [2.24, 2.45) is 0 Å². The summed E-state index contributed by atoms with van der Waals surface area (Å²) in [5, 5.41) is 13.2. The van der Waals surface area contributed by atoms with Crippen LogP contribution in [0.1, 0.15) is 0 Å². The number of aromatic nitrogens is 2. The van der Waals surface area contributed by atoms with E-state index in [-0.39, 0.29) is 35.0 Å². The molecule has 0 unspecified atom stereocenters. The van der Waals surface area contributed by atoms with E-state index < -0.39 is 36.7 Å². The van der Waals surface area contributed by atoms with E-state index in [2.05, 4.69) is 20.6 Å². The van der Waals surface area contributed by atoms with Crippen LogP contribution in [0.15, 0.2) is 58.6 Å². The smallest absolute Gasteiger partial charge is 0.319 e. The summed E-state index contributed by atoms with van der Waals surface area (Å²) in [5.41, 5.74) is 0.810. The van der Waals surface area contributed by atoms with E-state index in [1.165, 1.54) is 6.07 Å². The molecule has 10 nitrogen and oxygen atoms in total. The molecule has 0 saturated heterocycles. The summed E-state index contributed by atoms with van der Waals surface area (Å²) in [5.74, 6) is -0.724. The molecular weight excluding hydrogens is 487 g/mol. The fraction of sp³-hybridized carbons (Fsp3) is 0.190. The summed E-state index contributed by atoms with van der Waals surface area (Å²) >= 11 is 0. The number of nitrogens with zero attached hydrogens (tertiary/aromatic N) is 2. The second-order valence-electron chi connectivity index (χ2n) is 7.29. The summed E-state index contributed by atoms with van der Waals surface area (Å²) in [6.07, 6.45) is 1.85. The summed E-state index contributed by atoms with van der Waals surface area (Å²) in [4.78, 5) is 19.6. The van der Waals surface area contributed by atoms with Crippen molar-refractivity contribution in [1.82, 2.24) is 15.3 Å². The molecule has 0 atom stereocenters. The number of rotatable bonds is 7. The molecule has 0 spiro atoms. The molecule has 3 rings (SSSR count). The largest absolute Gasteiger partial charge is 0.395 e. The summed E-state index contributed by atoms with van der Waals surface area (Å²) in [6.45, 7) is -0.130. The number of benzene rings is 2. The molecule has 0 saturated carbocycles. The maximum absolute atomic E-state index is 14.0. The number of hydrogen-bond donors (Lipinski definition) is 3. The Labute approximate surface area is 195 Å². The van der Waals surface area contributed by atoms with Gasteiger partial charge in [0.15, 0.2) is 9.84 Å². The number of aliphatic hydroxyl groups excluding tert-OH is 1. The van der Waals surface area contributed by atoms with E-state index in [0.717, 1.165) is 30.7 Å². The van der Waals surface area contributed by atoms with Gasteiger partial charge in [-0.05, 0) is 36.4 Å². The molecule has 0 fully saturated rings. The molecular formula is C21H21FN4O6S2. The van der Waals surface area contributed by atoms with E-state index in [1.54, 1.807) is 24.3 Å². The van der Waals surface area contributed by atoms with Crippen LogP contribution in [0.2, 0.25) is 0 Å². The first-order chi connectivity index (χ1) is 15.9. The lowest BCUT2D eigenvalue weighted by atomic mass is 10.1. The van der Waals surface area contributed by atoms with Crippen LogP contribution in [0, 0.1) is 5.82 Å². The Balaban J connectivity index is 2.10. The van der Waals surface area contributed by atoms with Gasteiger partial charge < -0.3 is 15.7 Å². The lowest BCUT2D eigenvalue weighted by molar-refractivity contribution is 0.245. The third kappa shape index (κ3) is 6.12. The van der Waals surface area contributed by atoms with Crippen LogP contribution in [0.5, 0.6) is 0 Å². The van der Waals surface area contributed by atoms with Crippen LogP contribution in [0.3, 0.4) is 0 Å². The van der Waals surface area contributed by atoms with Crippen molar-refractivity contribution in [1.29, 1.82) is 0 Å². The lowest BCUT2D eigenvalue weighted by Crippen LogP contribution is -2.30. The summed E-state index contributed by atoms with van der Waals surface area (Å²) in [6, 6.07) is 10.1. The van der Waals surface area contributed by atoms with Gasteiger partial charge in [-0.15, -0.1) is 0 Å². The van der Waals surface area contributed by atoms with Crippen LogP contribution in [-0.4, -0.2) is 63.6 Å². The van der Waals surface area contributed by atoms with Crippen LogP contribution < -0.4 is 10.6 Å². The topological polar surface area (TPSA) is 155 Å². The maximum Gasteiger partial charge on any atom is 0.319 e. The number of aliphatic hydroxyl groups is 1. The van der Waals surface area contributed by atoms with E-state index >= 15 is 0 Å². The highest BCUT2D eigenvalue weighted by Crippen LogP contribution is 2.31. The van der Waals surface area contributed by atoms with Gasteiger partial charge in [-0.25, -0.2) is 36.0 Å². The first-order valence-corrected chi connectivity index (χ1v) is 13.5. The van der Waals surface area contributed by atoms with Gasteiger partial charge in [-0.1, -0.05) is 12.1 Å². The molecule has 3 aromatic rings. The van der Waals surface area contributed by atoms with E-state index in [1.807, 2.05) is 0 Å². The van der Waals surface area contributed by atoms with Gasteiger partial charge in [-0.2, -0.15) is 0 Å². The molecule has 0 bridgehead atoms. The average Bonchev–Trinajstić information content (AvgIpc) is 2.76. The van der Waals surface area contributed by atoms with E-state index in [0.29, 0.717) is 11.3 Å². The number of sulfone groups is 2. The molecule has 2 aromatic carbocycles. The molecule has 0 radical (unpaired) electrons. The second kappa shape index (κ2) is 9.83. The fourth-order valence-electron chi connectivity index (χ4n) is 2.97. The first-order valence-electron chi connectivity index (χ1n) is 9.74. The monoisotopic (exact) mass is 508 g/mol. The number of nitrogens with one attached hydrogen (secondary N) is 2. The third-order valence-electron chi connectivity index (χ3n) is 4.49. The lowest BCUT2D eigenvalue weighted by Gasteiger charge is -2.12. The fourth-order valence-corrected chi connectivity index (χ4v) is 4.38. The van der Waals surface area contributed by atoms with E-state index in [9.17, 15) is 26.0 Å². The van der Waals surface area contributed by atoms with Crippen LogP contribution in [-0.2, 0) is 19.7 Å². The number of urea groups is 1. The van der Waals surface area contributed by atoms with Crippen LogP contribution in [0.4, 0.5) is 14.9 Å².